The predicted octanol–water partition coefficient (Wildman–Crippen LogP) is -8.70. The lowest BCUT2D eigenvalue weighted by molar-refractivity contribution is -0.383. The lowest BCUT2D eigenvalue weighted by atomic mass is 9.96. The normalized spacial score (nSPS) is 55.9. The molecule has 0 aromatic heterocycles. The van der Waals surface area contributed by atoms with Gasteiger partial charge in [0.2, 0.25) is 0 Å². The van der Waals surface area contributed by atoms with Crippen LogP contribution in [-0.4, -0.2) is 211 Å². The lowest BCUT2D eigenvalue weighted by Gasteiger charge is -2.48. The van der Waals surface area contributed by atoms with Crippen molar-refractivity contribution in [1.29, 1.82) is 0 Å². The second kappa shape index (κ2) is 14.1. The molecule has 0 aromatic rings. The smallest absolute Gasteiger partial charge is 0.187 e. The Morgan fingerprint density at radius 2 is 0.727 bits per heavy atom. The highest BCUT2D eigenvalue weighted by Gasteiger charge is 2.54. The lowest BCUT2D eigenvalue weighted by Crippen LogP contribution is -2.67. The Bertz CT molecular complexity index is 860. The molecule has 0 spiro atoms. The quantitative estimate of drug-likeness (QED) is 0.132. The van der Waals surface area contributed by atoms with Crippen molar-refractivity contribution in [2.24, 2.45) is 0 Å². The molecular formula is C24H40O20. The summed E-state index contributed by atoms with van der Waals surface area (Å²) in [6.45, 7) is -2.95. The number of aliphatic hydroxyl groups is 12. The standard InChI is InChI=1S/C24H40O20/c25-1-5-11(29)19-17(35)21(39-5)37-3-7-9(27)14(32)16(34)24(42-7)44-20-12(30)6(2-26)40-22(18(20)36)38-4-8-10(28)13(31)15(33)23(41-8)43-19/h5-36H,1-4H2/t5-,6-,7?,8?,9+,10+,11?,12?,13-,14?,15?,16-,17?,18?,19-,20-,21?,22?,23+,24+/m0/s1. The maximum atomic E-state index is 11.0. The van der Waals surface area contributed by atoms with Gasteiger partial charge in [0.1, 0.15) is 97.7 Å². The molecule has 12 N–H and O–H groups in total. The van der Waals surface area contributed by atoms with Gasteiger partial charge in [-0.2, -0.15) is 0 Å². The fraction of sp³-hybridized carbons (Fsp3) is 1.00. The summed E-state index contributed by atoms with van der Waals surface area (Å²) in [7, 11) is 0. The van der Waals surface area contributed by atoms with Crippen LogP contribution in [0.3, 0.4) is 0 Å². The molecule has 5 saturated heterocycles. The maximum absolute atomic E-state index is 11.0. The van der Waals surface area contributed by atoms with Crippen molar-refractivity contribution in [1.82, 2.24) is 0 Å². The molecule has 20 atom stereocenters. The summed E-state index contributed by atoms with van der Waals surface area (Å²) in [5.74, 6) is 0. The first-order chi connectivity index (χ1) is 20.9. The number of hydrogen-bond donors (Lipinski definition) is 12. The molecule has 5 aliphatic heterocycles. The fourth-order valence-corrected chi connectivity index (χ4v) is 5.73. The zero-order chi connectivity index (χ0) is 32.0. The van der Waals surface area contributed by atoms with Crippen LogP contribution in [-0.2, 0) is 37.9 Å². The fourth-order valence-electron chi connectivity index (χ4n) is 5.73. The molecule has 256 valence electrons. The largest absolute Gasteiger partial charge is 0.394 e. The van der Waals surface area contributed by atoms with Gasteiger partial charge in [-0.15, -0.1) is 0 Å². The van der Waals surface area contributed by atoms with E-state index in [0.717, 1.165) is 0 Å². The Kier molecular flexibility index (Phi) is 11.1. The number of fused-ring (bicyclic) bond motifs is 8. The Morgan fingerprint density at radius 1 is 0.364 bits per heavy atom. The first-order valence-corrected chi connectivity index (χ1v) is 14.1. The van der Waals surface area contributed by atoms with Crippen LogP contribution in [0.5, 0.6) is 0 Å². The van der Waals surface area contributed by atoms with E-state index in [1.54, 1.807) is 0 Å². The Balaban J connectivity index is 1.47. The summed E-state index contributed by atoms with van der Waals surface area (Å²) in [6, 6.07) is 0. The van der Waals surface area contributed by atoms with Crippen molar-refractivity contribution < 1.29 is 99.2 Å². The van der Waals surface area contributed by atoms with Gasteiger partial charge in [-0.25, -0.2) is 0 Å². The van der Waals surface area contributed by atoms with E-state index in [4.69, 9.17) is 37.9 Å². The molecule has 44 heavy (non-hydrogen) atoms. The van der Waals surface area contributed by atoms with Crippen LogP contribution >= 0.6 is 0 Å². The minimum Gasteiger partial charge on any atom is -0.394 e. The van der Waals surface area contributed by atoms with Gasteiger partial charge < -0.3 is 99.2 Å². The van der Waals surface area contributed by atoms with E-state index in [1.165, 1.54) is 0 Å². The van der Waals surface area contributed by atoms with E-state index < -0.39 is 149 Å². The average molecular weight is 649 g/mol. The number of aliphatic hydroxyl groups excluding tert-OH is 12. The topological polar surface area (TPSA) is 317 Å². The molecule has 20 nitrogen and oxygen atoms in total. The van der Waals surface area contributed by atoms with E-state index in [2.05, 4.69) is 0 Å². The van der Waals surface area contributed by atoms with Crippen LogP contribution < -0.4 is 0 Å². The third kappa shape index (κ3) is 6.50. The third-order valence-electron chi connectivity index (χ3n) is 8.41. The van der Waals surface area contributed by atoms with Crippen molar-refractivity contribution in [3.8, 4) is 0 Å². The van der Waals surface area contributed by atoms with Crippen molar-refractivity contribution in [2.45, 2.75) is 123 Å². The molecule has 8 bridgehead atoms. The monoisotopic (exact) mass is 648 g/mol. The molecular weight excluding hydrogens is 608 g/mol. The van der Waals surface area contributed by atoms with Crippen LogP contribution in [0.25, 0.3) is 0 Å². The molecule has 5 aliphatic rings. The molecule has 0 saturated carbocycles. The Labute approximate surface area is 249 Å². The predicted molar refractivity (Wildman–Crippen MR) is 131 cm³/mol. The molecule has 5 fully saturated rings. The van der Waals surface area contributed by atoms with Gasteiger partial charge in [0.25, 0.3) is 0 Å². The Hall–Kier alpha value is -0.800. The Morgan fingerprint density at radius 3 is 1.07 bits per heavy atom. The molecule has 0 aliphatic carbocycles. The summed E-state index contributed by atoms with van der Waals surface area (Å²) in [4.78, 5) is 0. The number of rotatable bonds is 2. The van der Waals surface area contributed by atoms with Gasteiger partial charge in [0.05, 0.1) is 26.4 Å². The van der Waals surface area contributed by atoms with Crippen LogP contribution in [0, 0.1) is 0 Å². The van der Waals surface area contributed by atoms with E-state index in [9.17, 15) is 61.3 Å². The van der Waals surface area contributed by atoms with Gasteiger partial charge in [-0.05, 0) is 0 Å². The molecule has 10 unspecified atom stereocenters. The number of hydrogen-bond acceptors (Lipinski definition) is 20. The van der Waals surface area contributed by atoms with Crippen molar-refractivity contribution in [2.75, 3.05) is 26.4 Å². The van der Waals surface area contributed by atoms with Crippen LogP contribution in [0.4, 0.5) is 0 Å². The zero-order valence-electron chi connectivity index (χ0n) is 23.0. The summed E-state index contributed by atoms with van der Waals surface area (Å²) < 4.78 is 44.3. The SMILES string of the molecule is OC[C@@H]1OC2OCC3O[C@H](O[C@@H]4C(O)C(OCC5O[C@H](O[C@H](C2O)C1O)C(O)[C@@H](O)[C@@H]5O)O[C@@H](CO)C4O)[C@@H](O)C(O)[C@@H]3O. The molecule has 0 radical (unpaired) electrons. The molecule has 5 rings (SSSR count). The van der Waals surface area contributed by atoms with E-state index in [0.29, 0.717) is 0 Å². The number of ether oxygens (including phenoxy) is 8. The summed E-state index contributed by atoms with van der Waals surface area (Å²) in [6.07, 6.45) is -34.8. The molecule has 20 heteroatoms. The first-order valence-electron chi connectivity index (χ1n) is 14.1. The third-order valence-corrected chi connectivity index (χ3v) is 8.41. The van der Waals surface area contributed by atoms with Gasteiger partial charge >= 0.3 is 0 Å². The van der Waals surface area contributed by atoms with Crippen molar-refractivity contribution in [3.05, 3.63) is 0 Å². The molecule has 5 heterocycles. The van der Waals surface area contributed by atoms with Crippen molar-refractivity contribution >= 4 is 0 Å². The molecule has 0 aromatic carbocycles. The van der Waals surface area contributed by atoms with E-state index in [-0.39, 0.29) is 0 Å². The van der Waals surface area contributed by atoms with Gasteiger partial charge in [0.15, 0.2) is 25.2 Å². The highest BCUT2D eigenvalue weighted by Crippen LogP contribution is 2.33. The minimum absolute atomic E-state index is 0.674. The zero-order valence-corrected chi connectivity index (χ0v) is 23.0. The summed E-state index contributed by atoms with van der Waals surface area (Å²) in [5.41, 5.74) is 0. The average Bonchev–Trinajstić information content (AvgIpc) is 3.01. The van der Waals surface area contributed by atoms with Gasteiger partial charge in [0, 0.05) is 0 Å². The summed E-state index contributed by atoms with van der Waals surface area (Å²) >= 11 is 0. The van der Waals surface area contributed by atoms with Crippen molar-refractivity contribution in [3.63, 3.8) is 0 Å². The van der Waals surface area contributed by atoms with Gasteiger partial charge in [-0.3, -0.25) is 0 Å². The summed E-state index contributed by atoms with van der Waals surface area (Å²) in [5, 5.41) is 126. The van der Waals surface area contributed by atoms with Crippen LogP contribution in [0.15, 0.2) is 0 Å². The van der Waals surface area contributed by atoms with E-state index in [1.807, 2.05) is 0 Å². The first kappa shape index (κ1) is 34.5. The van der Waals surface area contributed by atoms with Crippen LogP contribution in [0.1, 0.15) is 0 Å². The van der Waals surface area contributed by atoms with Crippen LogP contribution in [0.2, 0.25) is 0 Å². The second-order valence-electron chi connectivity index (χ2n) is 11.3. The minimum atomic E-state index is -1.93. The van der Waals surface area contributed by atoms with E-state index >= 15 is 0 Å². The highest BCUT2D eigenvalue weighted by atomic mass is 16.8. The second-order valence-corrected chi connectivity index (χ2v) is 11.3. The molecule has 0 amide bonds. The highest BCUT2D eigenvalue weighted by molar-refractivity contribution is 4.97. The van der Waals surface area contributed by atoms with Gasteiger partial charge in [-0.1, -0.05) is 0 Å². The maximum Gasteiger partial charge on any atom is 0.187 e.